The molecule has 8 heteroatoms. The van der Waals surface area contributed by atoms with Crippen molar-refractivity contribution in [1.82, 2.24) is 10.2 Å². The second kappa shape index (κ2) is 10.3. The lowest BCUT2D eigenvalue weighted by molar-refractivity contribution is 0.0923. The van der Waals surface area contributed by atoms with Gasteiger partial charge < -0.3 is 19.4 Å². The van der Waals surface area contributed by atoms with E-state index < -0.39 is 0 Å². The summed E-state index contributed by atoms with van der Waals surface area (Å²) in [5.74, 6) is 1.41. The maximum Gasteiger partial charge on any atom is 0.252 e. The van der Waals surface area contributed by atoms with Crippen molar-refractivity contribution >= 4 is 34.8 Å². The highest BCUT2D eigenvalue weighted by Gasteiger charge is 2.28. The van der Waals surface area contributed by atoms with Crippen molar-refractivity contribution in [3.63, 3.8) is 0 Å². The van der Waals surface area contributed by atoms with Crippen molar-refractivity contribution in [2.75, 3.05) is 44.7 Å². The van der Waals surface area contributed by atoms with E-state index in [0.717, 1.165) is 37.7 Å². The number of halogens is 2. The van der Waals surface area contributed by atoms with Gasteiger partial charge in [0.1, 0.15) is 11.5 Å². The monoisotopic (exact) mass is 473 g/mol. The molecule has 0 saturated carbocycles. The van der Waals surface area contributed by atoms with Crippen molar-refractivity contribution < 1.29 is 13.9 Å². The zero-order valence-electron chi connectivity index (χ0n) is 17.8. The number of rotatable bonds is 7. The first-order valence-electron chi connectivity index (χ1n) is 10.4. The third-order valence-corrected chi connectivity index (χ3v) is 6.26. The Morgan fingerprint density at radius 1 is 1.09 bits per heavy atom. The van der Waals surface area contributed by atoms with Crippen molar-refractivity contribution in [2.45, 2.75) is 6.04 Å². The number of benzene rings is 2. The first-order valence-corrected chi connectivity index (χ1v) is 11.2. The van der Waals surface area contributed by atoms with Gasteiger partial charge in [0.25, 0.3) is 5.91 Å². The summed E-state index contributed by atoms with van der Waals surface area (Å²) in [5, 5.41) is 3.84. The molecule has 0 spiro atoms. The van der Waals surface area contributed by atoms with E-state index in [1.54, 1.807) is 31.6 Å². The molecule has 1 fully saturated rings. The average molecular weight is 474 g/mol. The highest BCUT2D eigenvalue weighted by Crippen LogP contribution is 2.26. The van der Waals surface area contributed by atoms with Crippen LogP contribution < -0.4 is 15.0 Å². The number of piperazine rings is 1. The molecule has 1 aromatic heterocycles. The summed E-state index contributed by atoms with van der Waals surface area (Å²) >= 11 is 12.2. The fourth-order valence-corrected chi connectivity index (χ4v) is 4.31. The van der Waals surface area contributed by atoms with E-state index in [4.69, 9.17) is 32.4 Å². The second-order valence-corrected chi connectivity index (χ2v) is 8.43. The maximum atomic E-state index is 12.7. The number of carbonyl (C=O) groups excluding carboxylic acids is 1. The van der Waals surface area contributed by atoms with Gasteiger partial charge in [0.15, 0.2) is 0 Å². The van der Waals surface area contributed by atoms with Crippen LogP contribution in [0.2, 0.25) is 10.0 Å². The first kappa shape index (κ1) is 22.5. The summed E-state index contributed by atoms with van der Waals surface area (Å²) in [4.78, 5) is 17.4. The van der Waals surface area contributed by atoms with E-state index in [9.17, 15) is 4.79 Å². The summed E-state index contributed by atoms with van der Waals surface area (Å²) in [7, 11) is 1.67. The molecule has 0 bridgehead atoms. The van der Waals surface area contributed by atoms with Crippen LogP contribution in [0.3, 0.4) is 0 Å². The van der Waals surface area contributed by atoms with E-state index >= 15 is 0 Å². The SMILES string of the molecule is COc1ccc(N2CCN(C(CNC(=O)c3cc(Cl)ccc3Cl)c3ccco3)CC2)cc1. The molecule has 1 unspecified atom stereocenters. The Labute approximate surface area is 197 Å². The van der Waals surface area contributed by atoms with Crippen LogP contribution in [0.4, 0.5) is 5.69 Å². The fraction of sp³-hybridized carbons (Fsp3) is 0.292. The molecule has 2 heterocycles. The topological polar surface area (TPSA) is 58.0 Å². The van der Waals surface area contributed by atoms with E-state index in [-0.39, 0.29) is 11.9 Å². The molecule has 3 aromatic rings. The van der Waals surface area contributed by atoms with Gasteiger partial charge in [0.2, 0.25) is 0 Å². The summed E-state index contributed by atoms with van der Waals surface area (Å²) in [6.07, 6.45) is 1.66. The summed E-state index contributed by atoms with van der Waals surface area (Å²) < 4.78 is 11.0. The normalized spacial score (nSPS) is 15.4. The Morgan fingerprint density at radius 3 is 2.50 bits per heavy atom. The molecule has 1 atom stereocenters. The van der Waals surface area contributed by atoms with E-state index in [1.807, 2.05) is 24.3 Å². The first-order chi connectivity index (χ1) is 15.5. The molecule has 1 N–H and O–H groups in total. The van der Waals surface area contributed by atoms with Gasteiger partial charge in [0, 0.05) is 43.4 Å². The highest BCUT2D eigenvalue weighted by molar-refractivity contribution is 6.35. The molecular formula is C24H25Cl2N3O3. The Morgan fingerprint density at radius 2 is 1.84 bits per heavy atom. The summed E-state index contributed by atoms with van der Waals surface area (Å²) in [5.41, 5.74) is 1.53. The molecule has 1 saturated heterocycles. The van der Waals surface area contributed by atoms with Gasteiger partial charge in [-0.1, -0.05) is 23.2 Å². The number of hydrogen-bond acceptors (Lipinski definition) is 5. The summed E-state index contributed by atoms with van der Waals surface area (Å²) in [6.45, 7) is 3.82. The molecule has 32 heavy (non-hydrogen) atoms. The molecular weight excluding hydrogens is 449 g/mol. The predicted octanol–water partition coefficient (Wildman–Crippen LogP) is 4.89. The Bertz CT molecular complexity index is 1030. The number of methoxy groups -OCH3 is 1. The molecule has 1 aliphatic heterocycles. The number of hydrogen-bond donors (Lipinski definition) is 1. The number of carbonyl (C=O) groups is 1. The van der Waals surface area contributed by atoms with Crippen molar-refractivity contribution in [3.05, 3.63) is 82.2 Å². The number of furan rings is 1. The minimum Gasteiger partial charge on any atom is -0.497 e. The highest BCUT2D eigenvalue weighted by atomic mass is 35.5. The van der Waals surface area contributed by atoms with Crippen molar-refractivity contribution in [3.8, 4) is 5.75 Å². The van der Waals surface area contributed by atoms with Crippen molar-refractivity contribution in [2.24, 2.45) is 0 Å². The van der Waals surface area contributed by atoms with Crippen molar-refractivity contribution in [1.29, 1.82) is 0 Å². The van der Waals surface area contributed by atoms with Crippen LogP contribution in [0.25, 0.3) is 0 Å². The average Bonchev–Trinajstić information content (AvgIpc) is 3.36. The molecule has 2 aromatic carbocycles. The number of nitrogens with one attached hydrogen (secondary N) is 1. The van der Waals surface area contributed by atoms with E-state index in [0.29, 0.717) is 22.2 Å². The Hall–Kier alpha value is -2.67. The van der Waals surface area contributed by atoms with Gasteiger partial charge >= 0.3 is 0 Å². The standard InChI is InChI=1S/C24H25Cl2N3O3/c1-31-19-7-5-18(6-8-19)28-10-12-29(13-11-28)22(23-3-2-14-32-23)16-27-24(30)20-15-17(25)4-9-21(20)26/h2-9,14-15,22H,10-13,16H2,1H3,(H,27,30). The molecule has 1 aliphatic rings. The molecule has 6 nitrogen and oxygen atoms in total. The fourth-order valence-electron chi connectivity index (χ4n) is 3.93. The van der Waals surface area contributed by atoms with Gasteiger partial charge in [-0.25, -0.2) is 0 Å². The molecule has 0 aliphatic carbocycles. The van der Waals surface area contributed by atoms with Crippen LogP contribution in [-0.4, -0.2) is 50.6 Å². The largest absolute Gasteiger partial charge is 0.497 e. The van der Waals surface area contributed by atoms with Gasteiger partial charge in [-0.15, -0.1) is 0 Å². The zero-order valence-corrected chi connectivity index (χ0v) is 19.3. The van der Waals surface area contributed by atoms with Crippen LogP contribution in [0.15, 0.2) is 65.3 Å². The third-order valence-electron chi connectivity index (χ3n) is 5.69. The number of nitrogens with zero attached hydrogens (tertiary/aromatic N) is 2. The van der Waals surface area contributed by atoms with Crippen LogP contribution >= 0.6 is 23.2 Å². The molecule has 4 rings (SSSR count). The molecule has 168 valence electrons. The van der Waals surface area contributed by atoms with Crippen LogP contribution in [0.5, 0.6) is 5.75 Å². The van der Waals surface area contributed by atoms with Gasteiger partial charge in [-0.05, 0) is 54.6 Å². The maximum absolute atomic E-state index is 12.7. The lowest BCUT2D eigenvalue weighted by Crippen LogP contribution is -2.49. The lowest BCUT2D eigenvalue weighted by atomic mass is 10.1. The van der Waals surface area contributed by atoms with E-state index in [1.165, 1.54) is 5.69 Å². The minimum absolute atomic E-state index is 0.0788. The quantitative estimate of drug-likeness (QED) is 0.529. The van der Waals surface area contributed by atoms with Gasteiger partial charge in [-0.2, -0.15) is 0 Å². The van der Waals surface area contributed by atoms with E-state index in [2.05, 4.69) is 27.2 Å². The third kappa shape index (κ3) is 5.21. The van der Waals surface area contributed by atoms with Crippen LogP contribution in [0, 0.1) is 0 Å². The molecule has 0 radical (unpaired) electrons. The lowest BCUT2D eigenvalue weighted by Gasteiger charge is -2.39. The zero-order chi connectivity index (χ0) is 22.5. The minimum atomic E-state index is -0.258. The number of amides is 1. The number of ether oxygens (including phenoxy) is 1. The summed E-state index contributed by atoms with van der Waals surface area (Å²) in [6, 6.07) is 16.7. The Kier molecular flexibility index (Phi) is 7.25. The second-order valence-electron chi connectivity index (χ2n) is 7.59. The smallest absolute Gasteiger partial charge is 0.252 e. The predicted molar refractivity (Wildman–Crippen MR) is 127 cm³/mol. The number of anilines is 1. The van der Waals surface area contributed by atoms with Crippen LogP contribution in [-0.2, 0) is 0 Å². The van der Waals surface area contributed by atoms with Crippen LogP contribution in [0.1, 0.15) is 22.2 Å². The Balaban J connectivity index is 1.41. The van der Waals surface area contributed by atoms with Gasteiger partial charge in [-0.3, -0.25) is 9.69 Å². The molecule has 1 amide bonds. The van der Waals surface area contributed by atoms with Gasteiger partial charge in [0.05, 0.1) is 30.0 Å².